The molecule has 0 spiro atoms. The highest BCUT2D eigenvalue weighted by Gasteiger charge is 2.33. The number of rotatable bonds is 8. The van der Waals surface area contributed by atoms with E-state index >= 15 is 0 Å². The van der Waals surface area contributed by atoms with Crippen LogP contribution in [0.1, 0.15) is 44.9 Å². The van der Waals surface area contributed by atoms with E-state index in [0.29, 0.717) is 55.9 Å². The first-order valence-electron chi connectivity index (χ1n) is 11.8. The molecule has 1 aromatic heterocycles. The molecular formula is C27H26ClIN2O5S. The Bertz CT molecular complexity index is 1540. The fraction of sp³-hybridized carbons (Fsp3) is 0.296. The predicted molar refractivity (Wildman–Crippen MR) is 153 cm³/mol. The first-order valence-corrected chi connectivity index (χ1v) is 14.1. The molecule has 7 nitrogen and oxygen atoms in total. The lowest BCUT2D eigenvalue weighted by atomic mass is 9.96. The van der Waals surface area contributed by atoms with E-state index in [1.54, 1.807) is 30.6 Å². The zero-order valence-corrected chi connectivity index (χ0v) is 24.6. The van der Waals surface area contributed by atoms with Crippen LogP contribution in [0.25, 0.3) is 6.08 Å². The van der Waals surface area contributed by atoms with Gasteiger partial charge in [-0.2, -0.15) is 0 Å². The van der Waals surface area contributed by atoms with Gasteiger partial charge in [-0.15, -0.1) is 0 Å². The maximum absolute atomic E-state index is 13.8. The highest BCUT2D eigenvalue weighted by Crippen LogP contribution is 2.32. The minimum Gasteiger partial charge on any atom is -0.494 e. The fourth-order valence-corrected chi connectivity index (χ4v) is 6.40. The number of thiazole rings is 1. The van der Waals surface area contributed by atoms with Gasteiger partial charge in [0.1, 0.15) is 11.5 Å². The van der Waals surface area contributed by atoms with Crippen molar-refractivity contribution in [2.45, 2.75) is 33.7 Å². The van der Waals surface area contributed by atoms with Crippen LogP contribution >= 0.6 is 45.5 Å². The van der Waals surface area contributed by atoms with Gasteiger partial charge in [0.25, 0.3) is 5.56 Å². The van der Waals surface area contributed by atoms with E-state index in [1.807, 2.05) is 44.2 Å². The van der Waals surface area contributed by atoms with Gasteiger partial charge in [-0.1, -0.05) is 35.1 Å². The van der Waals surface area contributed by atoms with E-state index in [-0.39, 0.29) is 12.2 Å². The molecule has 10 heteroatoms. The van der Waals surface area contributed by atoms with Crippen molar-refractivity contribution >= 4 is 57.6 Å². The van der Waals surface area contributed by atoms with Crippen LogP contribution in [0, 0.1) is 3.57 Å². The second-order valence-corrected chi connectivity index (χ2v) is 10.7. The number of carbonyl (C=O) groups is 1. The molecule has 0 fully saturated rings. The summed E-state index contributed by atoms with van der Waals surface area (Å²) in [5.41, 5.74) is 2.02. The first kappa shape index (κ1) is 27.4. The van der Waals surface area contributed by atoms with Gasteiger partial charge in [0.2, 0.25) is 0 Å². The Morgan fingerprint density at radius 2 is 1.84 bits per heavy atom. The molecule has 37 heavy (non-hydrogen) atoms. The third kappa shape index (κ3) is 5.63. The summed E-state index contributed by atoms with van der Waals surface area (Å²) in [7, 11) is 0. The summed E-state index contributed by atoms with van der Waals surface area (Å²) < 4.78 is 19.6. The quantitative estimate of drug-likeness (QED) is 0.257. The van der Waals surface area contributed by atoms with Crippen LogP contribution in [0.5, 0.6) is 11.5 Å². The van der Waals surface area contributed by atoms with Crippen molar-refractivity contribution in [2.75, 3.05) is 19.8 Å². The Kier molecular flexibility index (Phi) is 8.76. The lowest BCUT2D eigenvalue weighted by Gasteiger charge is -2.24. The number of carbonyl (C=O) groups excluding carboxylic acids is 1. The molecule has 0 saturated carbocycles. The Balaban J connectivity index is 1.94. The van der Waals surface area contributed by atoms with Crippen LogP contribution in [0.15, 0.2) is 57.5 Å². The molecule has 0 aliphatic carbocycles. The second kappa shape index (κ2) is 11.8. The minimum absolute atomic E-state index is 0.212. The highest BCUT2D eigenvalue weighted by molar-refractivity contribution is 14.1. The van der Waals surface area contributed by atoms with E-state index in [1.165, 1.54) is 11.3 Å². The van der Waals surface area contributed by atoms with Gasteiger partial charge in [-0.25, -0.2) is 9.79 Å². The smallest absolute Gasteiger partial charge is 0.338 e. The van der Waals surface area contributed by atoms with Gasteiger partial charge in [-0.3, -0.25) is 9.36 Å². The minimum atomic E-state index is -0.695. The third-order valence-electron chi connectivity index (χ3n) is 5.64. The fourth-order valence-electron chi connectivity index (χ4n) is 4.15. The lowest BCUT2D eigenvalue weighted by Crippen LogP contribution is -2.39. The molecule has 2 aromatic carbocycles. The number of ether oxygens (including phenoxy) is 3. The summed E-state index contributed by atoms with van der Waals surface area (Å²) in [5, 5.41) is 0.541. The Morgan fingerprint density at radius 1 is 1.14 bits per heavy atom. The number of allylic oxidation sites excluding steroid dienone is 1. The predicted octanol–water partition coefficient (Wildman–Crippen LogP) is 4.85. The number of fused-ring (bicyclic) bond motifs is 1. The van der Waals surface area contributed by atoms with Gasteiger partial charge in [0.05, 0.1) is 45.2 Å². The van der Waals surface area contributed by atoms with Crippen molar-refractivity contribution in [3.63, 3.8) is 0 Å². The average molecular weight is 653 g/mol. The van der Waals surface area contributed by atoms with Crippen molar-refractivity contribution < 1.29 is 19.0 Å². The standard InChI is InChI=1S/C27H26ClIN2O5S/c1-5-34-19-10-8-16(9-11-19)23-22(26(33)36-7-3)15(4)30-27-31(23)25(32)21(37-27)13-17-12-18(28)14-20(29)24(17)35-6-2/h8-14,23H,5-7H2,1-4H3/b21-13-/t23-/m1/s1. The lowest BCUT2D eigenvalue weighted by molar-refractivity contribution is -0.139. The molecule has 0 unspecified atom stereocenters. The van der Waals surface area contributed by atoms with Crippen molar-refractivity contribution in [1.29, 1.82) is 0 Å². The maximum atomic E-state index is 13.8. The van der Waals surface area contributed by atoms with E-state index in [9.17, 15) is 9.59 Å². The number of hydrogen-bond acceptors (Lipinski definition) is 7. The summed E-state index contributed by atoms with van der Waals surface area (Å²) >= 11 is 9.74. The molecule has 194 valence electrons. The molecule has 1 aliphatic rings. The Labute approximate surface area is 237 Å². The van der Waals surface area contributed by atoms with Crippen LogP contribution in [-0.4, -0.2) is 30.4 Å². The van der Waals surface area contributed by atoms with Crippen LogP contribution in [0.2, 0.25) is 5.02 Å². The number of halogens is 2. The summed E-state index contributed by atoms with van der Waals surface area (Å²) in [4.78, 5) is 32.0. The Hall–Kier alpha value is -2.63. The zero-order chi connectivity index (χ0) is 26.7. The molecule has 0 amide bonds. The van der Waals surface area contributed by atoms with E-state index in [4.69, 9.17) is 25.8 Å². The van der Waals surface area contributed by atoms with Gasteiger partial charge in [-0.05, 0) is 86.2 Å². The first-order chi connectivity index (χ1) is 17.8. The Morgan fingerprint density at radius 3 is 2.49 bits per heavy atom. The number of benzene rings is 2. The normalized spacial score (nSPS) is 15.3. The molecule has 0 saturated heterocycles. The highest BCUT2D eigenvalue weighted by atomic mass is 127. The van der Waals surface area contributed by atoms with Crippen LogP contribution in [-0.2, 0) is 9.53 Å². The largest absolute Gasteiger partial charge is 0.494 e. The molecule has 1 aliphatic heterocycles. The monoisotopic (exact) mass is 652 g/mol. The van der Waals surface area contributed by atoms with E-state index in [0.717, 1.165) is 9.13 Å². The van der Waals surface area contributed by atoms with E-state index < -0.39 is 12.0 Å². The van der Waals surface area contributed by atoms with Crippen LogP contribution in [0.3, 0.4) is 0 Å². The average Bonchev–Trinajstić information content (AvgIpc) is 3.15. The van der Waals surface area contributed by atoms with Gasteiger partial charge in [0.15, 0.2) is 4.80 Å². The summed E-state index contributed by atoms with van der Waals surface area (Å²) in [6.45, 7) is 8.54. The molecular weight excluding hydrogens is 627 g/mol. The molecule has 4 rings (SSSR count). The number of aromatic nitrogens is 1. The third-order valence-corrected chi connectivity index (χ3v) is 7.64. The molecule has 1 atom stereocenters. The SMILES string of the molecule is CCOC(=O)C1=C(C)N=c2s/c(=C\c3cc(Cl)cc(I)c3OCC)c(=O)n2[C@@H]1c1ccc(OCC)cc1. The summed E-state index contributed by atoms with van der Waals surface area (Å²) in [5.74, 6) is 0.862. The van der Waals surface area contributed by atoms with Crippen molar-refractivity contribution in [3.05, 3.63) is 87.1 Å². The van der Waals surface area contributed by atoms with Crippen LogP contribution in [0.4, 0.5) is 0 Å². The molecule has 0 radical (unpaired) electrons. The molecule has 0 bridgehead atoms. The van der Waals surface area contributed by atoms with Gasteiger partial charge >= 0.3 is 5.97 Å². The topological polar surface area (TPSA) is 79.1 Å². The molecule has 0 N–H and O–H groups in total. The summed E-state index contributed by atoms with van der Waals surface area (Å²) in [6, 6.07) is 10.3. The molecule has 3 aromatic rings. The van der Waals surface area contributed by atoms with Gasteiger partial charge < -0.3 is 14.2 Å². The van der Waals surface area contributed by atoms with Gasteiger partial charge in [0, 0.05) is 10.6 Å². The maximum Gasteiger partial charge on any atom is 0.338 e. The zero-order valence-electron chi connectivity index (χ0n) is 20.8. The number of esters is 1. The summed E-state index contributed by atoms with van der Waals surface area (Å²) in [6.07, 6.45) is 1.77. The van der Waals surface area contributed by atoms with Crippen LogP contribution < -0.4 is 24.4 Å². The van der Waals surface area contributed by atoms with Crippen molar-refractivity contribution in [3.8, 4) is 11.5 Å². The second-order valence-electron chi connectivity index (χ2n) is 8.04. The van der Waals surface area contributed by atoms with E-state index in [2.05, 4.69) is 27.6 Å². The van der Waals surface area contributed by atoms with Crippen molar-refractivity contribution in [1.82, 2.24) is 4.57 Å². The molecule has 2 heterocycles. The van der Waals surface area contributed by atoms with Crippen molar-refractivity contribution in [2.24, 2.45) is 4.99 Å². The number of hydrogen-bond donors (Lipinski definition) is 0. The number of nitrogens with zero attached hydrogens (tertiary/aromatic N) is 2.